The molecule has 3 nitrogen and oxygen atoms in total. The van der Waals surface area contributed by atoms with E-state index in [2.05, 4.69) is 44.4 Å². The standard InChI is InChI=1S/C14H30N2OS/c1-6-16(12(2)7-17-5)14(9-15)8-13(3,4)10-18-11-14/h12H,6-11,15H2,1-5H3. The smallest absolute Gasteiger partial charge is 0.0615 e. The minimum Gasteiger partial charge on any atom is -0.383 e. The van der Waals surface area contributed by atoms with Crippen LogP contribution in [0.3, 0.4) is 0 Å². The fraction of sp³-hybridized carbons (Fsp3) is 1.00. The molecule has 1 fully saturated rings. The van der Waals surface area contributed by atoms with E-state index in [1.807, 2.05) is 0 Å². The summed E-state index contributed by atoms with van der Waals surface area (Å²) < 4.78 is 5.33. The molecule has 1 rings (SSSR count). The fourth-order valence-electron chi connectivity index (χ4n) is 3.39. The third-order valence-corrected chi connectivity index (χ3v) is 5.67. The van der Waals surface area contributed by atoms with Crippen molar-refractivity contribution < 1.29 is 4.74 Å². The van der Waals surface area contributed by atoms with Gasteiger partial charge in [-0.15, -0.1) is 0 Å². The van der Waals surface area contributed by atoms with Crippen LogP contribution in [0.2, 0.25) is 0 Å². The van der Waals surface area contributed by atoms with Crippen molar-refractivity contribution in [3.05, 3.63) is 0 Å². The van der Waals surface area contributed by atoms with E-state index in [1.54, 1.807) is 7.11 Å². The predicted molar refractivity (Wildman–Crippen MR) is 81.2 cm³/mol. The first-order chi connectivity index (χ1) is 8.40. The van der Waals surface area contributed by atoms with Gasteiger partial charge in [-0.05, 0) is 31.1 Å². The molecule has 1 saturated heterocycles. The van der Waals surface area contributed by atoms with Crippen molar-refractivity contribution in [3.63, 3.8) is 0 Å². The monoisotopic (exact) mass is 274 g/mol. The van der Waals surface area contributed by atoms with Crippen LogP contribution in [0.15, 0.2) is 0 Å². The van der Waals surface area contributed by atoms with Crippen molar-refractivity contribution in [1.29, 1.82) is 0 Å². The van der Waals surface area contributed by atoms with Gasteiger partial charge in [0, 0.05) is 31.0 Å². The van der Waals surface area contributed by atoms with Gasteiger partial charge in [0.05, 0.1) is 6.61 Å². The second-order valence-electron chi connectivity index (χ2n) is 6.35. The molecule has 108 valence electrons. The summed E-state index contributed by atoms with van der Waals surface area (Å²) in [5.41, 5.74) is 6.69. The molecular weight excluding hydrogens is 244 g/mol. The lowest BCUT2D eigenvalue weighted by Crippen LogP contribution is -2.63. The van der Waals surface area contributed by atoms with Gasteiger partial charge < -0.3 is 10.5 Å². The molecule has 0 aromatic rings. The number of nitrogens with two attached hydrogens (primary N) is 1. The number of likely N-dealkylation sites (N-methyl/N-ethyl adjacent to an activating group) is 1. The molecule has 0 aromatic carbocycles. The Morgan fingerprint density at radius 2 is 2.06 bits per heavy atom. The molecule has 0 saturated carbocycles. The highest BCUT2D eigenvalue weighted by molar-refractivity contribution is 7.99. The number of ether oxygens (including phenoxy) is 1. The van der Waals surface area contributed by atoms with E-state index in [-0.39, 0.29) is 5.54 Å². The second-order valence-corrected chi connectivity index (χ2v) is 7.34. The Morgan fingerprint density at radius 3 is 2.50 bits per heavy atom. The van der Waals surface area contributed by atoms with Crippen LogP contribution in [0.4, 0.5) is 0 Å². The van der Waals surface area contributed by atoms with E-state index in [9.17, 15) is 0 Å². The average Bonchev–Trinajstić information content (AvgIpc) is 2.29. The lowest BCUT2D eigenvalue weighted by Gasteiger charge is -2.52. The molecule has 0 aromatic heterocycles. The van der Waals surface area contributed by atoms with Crippen LogP contribution in [0.5, 0.6) is 0 Å². The summed E-state index contributed by atoms with van der Waals surface area (Å²) in [4.78, 5) is 2.56. The van der Waals surface area contributed by atoms with Gasteiger partial charge in [-0.1, -0.05) is 20.8 Å². The molecule has 18 heavy (non-hydrogen) atoms. The molecular formula is C14H30N2OS. The lowest BCUT2D eigenvalue weighted by atomic mass is 9.78. The second kappa shape index (κ2) is 6.60. The summed E-state index contributed by atoms with van der Waals surface area (Å²) >= 11 is 2.05. The van der Waals surface area contributed by atoms with Crippen LogP contribution in [-0.4, -0.2) is 54.8 Å². The number of methoxy groups -OCH3 is 1. The molecule has 1 aliphatic rings. The van der Waals surface area contributed by atoms with E-state index in [4.69, 9.17) is 10.5 Å². The lowest BCUT2D eigenvalue weighted by molar-refractivity contribution is 0.00861. The van der Waals surface area contributed by atoms with E-state index in [1.165, 1.54) is 12.2 Å². The molecule has 1 aliphatic heterocycles. The van der Waals surface area contributed by atoms with E-state index >= 15 is 0 Å². The van der Waals surface area contributed by atoms with Gasteiger partial charge >= 0.3 is 0 Å². The quantitative estimate of drug-likeness (QED) is 0.806. The number of rotatable bonds is 6. The molecule has 1 heterocycles. The SMILES string of the molecule is CCN(C(C)COC)C1(CN)CSCC(C)(C)C1. The minimum absolute atomic E-state index is 0.138. The molecule has 2 unspecified atom stereocenters. The maximum atomic E-state index is 6.17. The Labute approximate surface area is 117 Å². The number of hydrogen-bond acceptors (Lipinski definition) is 4. The molecule has 2 atom stereocenters. The van der Waals surface area contributed by atoms with Gasteiger partial charge in [-0.2, -0.15) is 11.8 Å². The average molecular weight is 274 g/mol. The zero-order valence-electron chi connectivity index (χ0n) is 12.7. The Morgan fingerprint density at radius 1 is 1.39 bits per heavy atom. The number of thioether (sulfide) groups is 1. The summed E-state index contributed by atoms with van der Waals surface area (Å²) in [5, 5.41) is 0. The first-order valence-corrected chi connectivity index (χ1v) is 8.10. The predicted octanol–water partition coefficient (Wildman–Crippen LogP) is 2.20. The van der Waals surface area contributed by atoms with E-state index in [0.29, 0.717) is 11.5 Å². The molecule has 0 bridgehead atoms. The molecule has 0 spiro atoms. The zero-order chi connectivity index (χ0) is 13.8. The van der Waals surface area contributed by atoms with Gasteiger partial charge in [-0.3, -0.25) is 4.90 Å². The Hall–Kier alpha value is 0.230. The summed E-state index contributed by atoms with van der Waals surface area (Å²) in [7, 11) is 1.78. The molecule has 0 aliphatic carbocycles. The Kier molecular flexibility index (Phi) is 5.97. The van der Waals surface area contributed by atoms with Gasteiger partial charge in [-0.25, -0.2) is 0 Å². The van der Waals surface area contributed by atoms with Crippen molar-refractivity contribution in [2.75, 3.05) is 38.3 Å². The third-order valence-electron chi connectivity index (χ3n) is 3.94. The Bertz CT molecular complexity index is 260. The van der Waals surface area contributed by atoms with Crippen molar-refractivity contribution >= 4 is 11.8 Å². The van der Waals surface area contributed by atoms with Crippen LogP contribution in [0.1, 0.15) is 34.1 Å². The van der Waals surface area contributed by atoms with Gasteiger partial charge in [0.1, 0.15) is 0 Å². The first-order valence-electron chi connectivity index (χ1n) is 6.94. The molecule has 0 amide bonds. The van der Waals surface area contributed by atoms with Crippen LogP contribution >= 0.6 is 11.8 Å². The summed E-state index contributed by atoms with van der Waals surface area (Å²) in [6.45, 7) is 11.8. The van der Waals surface area contributed by atoms with Crippen LogP contribution < -0.4 is 5.73 Å². The maximum Gasteiger partial charge on any atom is 0.0615 e. The normalized spacial score (nSPS) is 29.5. The summed E-state index contributed by atoms with van der Waals surface area (Å²) in [5.74, 6) is 2.39. The van der Waals surface area contributed by atoms with Gasteiger partial charge in [0.2, 0.25) is 0 Å². The molecule has 2 N–H and O–H groups in total. The van der Waals surface area contributed by atoms with E-state index < -0.39 is 0 Å². The molecule has 0 radical (unpaired) electrons. The van der Waals surface area contributed by atoms with Crippen molar-refractivity contribution in [1.82, 2.24) is 4.90 Å². The highest BCUT2D eigenvalue weighted by atomic mass is 32.2. The third kappa shape index (κ3) is 3.62. The summed E-state index contributed by atoms with van der Waals surface area (Å²) in [6.07, 6.45) is 1.19. The minimum atomic E-state index is 0.138. The maximum absolute atomic E-state index is 6.17. The van der Waals surface area contributed by atoms with Crippen LogP contribution in [-0.2, 0) is 4.74 Å². The summed E-state index contributed by atoms with van der Waals surface area (Å²) in [6, 6.07) is 0.429. The Balaban J connectivity index is 2.89. The van der Waals surface area contributed by atoms with Crippen molar-refractivity contribution in [2.24, 2.45) is 11.1 Å². The molecule has 4 heteroatoms. The van der Waals surface area contributed by atoms with Crippen molar-refractivity contribution in [2.45, 2.75) is 45.7 Å². The number of nitrogens with zero attached hydrogens (tertiary/aromatic N) is 1. The first kappa shape index (κ1) is 16.3. The zero-order valence-corrected chi connectivity index (χ0v) is 13.5. The number of hydrogen-bond donors (Lipinski definition) is 1. The fourth-order valence-corrected chi connectivity index (χ4v) is 4.91. The van der Waals surface area contributed by atoms with Crippen LogP contribution in [0.25, 0.3) is 0 Å². The van der Waals surface area contributed by atoms with Crippen LogP contribution in [0, 0.1) is 5.41 Å². The topological polar surface area (TPSA) is 38.5 Å². The highest BCUT2D eigenvalue weighted by Crippen LogP contribution is 2.42. The highest BCUT2D eigenvalue weighted by Gasteiger charge is 2.44. The van der Waals surface area contributed by atoms with Crippen molar-refractivity contribution in [3.8, 4) is 0 Å². The largest absolute Gasteiger partial charge is 0.383 e. The van der Waals surface area contributed by atoms with Gasteiger partial charge in [0.15, 0.2) is 0 Å². The van der Waals surface area contributed by atoms with Gasteiger partial charge in [0.25, 0.3) is 0 Å². The van der Waals surface area contributed by atoms with E-state index in [0.717, 1.165) is 25.4 Å².